The molecule has 1 unspecified atom stereocenters. The molecule has 0 bridgehead atoms. The van der Waals surface area contributed by atoms with Gasteiger partial charge in [0.1, 0.15) is 36.7 Å². The van der Waals surface area contributed by atoms with E-state index in [-0.39, 0.29) is 44.1 Å². The molecule has 0 aromatic heterocycles. The van der Waals surface area contributed by atoms with E-state index in [1.54, 1.807) is 41.5 Å². The van der Waals surface area contributed by atoms with E-state index in [0.29, 0.717) is 19.4 Å². The van der Waals surface area contributed by atoms with E-state index >= 15 is 0 Å². The van der Waals surface area contributed by atoms with Crippen LogP contribution in [0.25, 0.3) is 5.57 Å². The quantitative estimate of drug-likeness (QED) is 0.144. The first-order valence-corrected chi connectivity index (χ1v) is 26.6. The molecule has 1 amide bonds. The van der Waals surface area contributed by atoms with Crippen LogP contribution in [0.4, 0.5) is 4.39 Å². The summed E-state index contributed by atoms with van der Waals surface area (Å²) in [6.07, 6.45) is -4.33. The third-order valence-electron chi connectivity index (χ3n) is 16.9. The Hall–Kier alpha value is -2.65. The highest BCUT2D eigenvalue weighted by molar-refractivity contribution is 5.76. The lowest BCUT2D eigenvalue weighted by Crippen LogP contribution is -2.62. The Labute approximate surface area is 429 Å². The van der Waals surface area contributed by atoms with Gasteiger partial charge in [-0.2, -0.15) is 0 Å². The summed E-state index contributed by atoms with van der Waals surface area (Å²) in [7, 11) is 7.27. The van der Waals surface area contributed by atoms with Crippen LogP contribution in [-0.4, -0.2) is 203 Å². The third-order valence-corrected chi connectivity index (χ3v) is 16.9. The van der Waals surface area contributed by atoms with Crippen LogP contribution in [0.5, 0.6) is 0 Å². The number of hydrogen-bond donors (Lipinski definition) is 6. The number of nitrogens with zero attached hydrogens (tertiary/aromatic N) is 3. The van der Waals surface area contributed by atoms with E-state index in [1.807, 2.05) is 56.8 Å². The second-order valence-electron chi connectivity index (χ2n) is 23.1. The van der Waals surface area contributed by atoms with Gasteiger partial charge in [0, 0.05) is 64.1 Å². The molecule has 6 N–H and O–H groups in total. The number of carbonyl (C=O) groups is 2. The number of benzene rings is 1. The number of methoxy groups -OCH3 is 1. The number of likely N-dealkylation sites (N-methyl/N-ethyl adjacent to an activating group) is 3. The van der Waals surface area contributed by atoms with Crippen molar-refractivity contribution in [3.63, 3.8) is 0 Å². The number of hydrogen-bond acceptors (Lipinski definition) is 15. The van der Waals surface area contributed by atoms with E-state index in [9.17, 15) is 39.5 Å². The molecule has 4 aliphatic rings. The lowest BCUT2D eigenvalue weighted by Gasteiger charge is -2.51. The second-order valence-corrected chi connectivity index (χ2v) is 23.1. The van der Waals surface area contributed by atoms with Crippen molar-refractivity contribution in [2.24, 2.45) is 23.7 Å². The molecule has 4 heterocycles. The lowest BCUT2D eigenvalue weighted by atomic mass is 9.68. The number of aliphatic hydroxyl groups excluding tert-OH is 3. The molecule has 1 aromatic rings. The minimum atomic E-state index is -1.83. The van der Waals surface area contributed by atoms with Gasteiger partial charge in [-0.15, -0.1) is 0 Å². The summed E-state index contributed by atoms with van der Waals surface area (Å²) in [4.78, 5) is 34.1. The summed E-state index contributed by atoms with van der Waals surface area (Å²) >= 11 is 0. The maximum absolute atomic E-state index is 14.6. The summed E-state index contributed by atoms with van der Waals surface area (Å²) in [6, 6.07) is 6.29. The van der Waals surface area contributed by atoms with Gasteiger partial charge in [-0.3, -0.25) is 9.59 Å². The van der Waals surface area contributed by atoms with Gasteiger partial charge in [0.25, 0.3) is 0 Å². The zero-order valence-corrected chi connectivity index (χ0v) is 45.9. The van der Waals surface area contributed by atoms with Gasteiger partial charge in [0.2, 0.25) is 5.91 Å². The Bertz CT molecular complexity index is 1930. The lowest BCUT2D eigenvalue weighted by molar-refractivity contribution is -0.302. The summed E-state index contributed by atoms with van der Waals surface area (Å²) in [6.45, 7) is 19.6. The molecule has 1 aromatic carbocycles. The van der Waals surface area contributed by atoms with Crippen molar-refractivity contribution in [2.75, 3.05) is 61.1 Å². The molecule has 19 atom stereocenters. The summed E-state index contributed by atoms with van der Waals surface area (Å²) in [5, 5.41) is 62.9. The van der Waals surface area contributed by atoms with Crippen molar-refractivity contribution in [2.45, 2.75) is 204 Å². The number of carbonyl (C=O) groups excluding carboxylic acids is 2. The molecule has 0 saturated carbocycles. The van der Waals surface area contributed by atoms with E-state index in [0.717, 1.165) is 30.6 Å². The van der Waals surface area contributed by atoms with Crippen LogP contribution >= 0.6 is 0 Å². The maximum atomic E-state index is 14.6. The van der Waals surface area contributed by atoms with Crippen LogP contribution in [0, 0.1) is 23.7 Å². The molecule has 0 aliphatic carbocycles. The van der Waals surface area contributed by atoms with Crippen LogP contribution in [0.1, 0.15) is 119 Å². The molecule has 412 valence electrons. The minimum absolute atomic E-state index is 0.0494. The number of amides is 1. The van der Waals surface area contributed by atoms with Crippen molar-refractivity contribution >= 4 is 17.4 Å². The summed E-state index contributed by atoms with van der Waals surface area (Å²) in [5.74, 6) is -3.61. The zero-order chi connectivity index (χ0) is 53.6. The normalized spacial score (nSPS) is 40.9. The molecule has 17 heteroatoms. The Balaban J connectivity index is 1.39. The molecular weight excluding hydrogens is 928 g/mol. The number of alkyl halides is 1. The summed E-state index contributed by atoms with van der Waals surface area (Å²) < 4.78 is 46.4. The van der Waals surface area contributed by atoms with E-state index in [1.165, 1.54) is 19.6 Å². The fourth-order valence-corrected chi connectivity index (χ4v) is 12.3. The standard InChI is InChI=1S/C55H93FN4O12/c1-15-44-55(10,67)48(63)36(6)60(13)31-32(2)28-53(8,66)50(34(4)46(35(5)51(65)71-44)43-29-54(9,68-14)49(64)37(7)70-43)72-52-47(62)42(26-33(3)69-52)59(12)25-22-45(61)57-41(30-56)27-38-16-18-39(19-17-38)40-20-23-58(11)24-21-40/h16-20,32-37,41-44,46-50,52,62-64,66-67H,15,21-31H2,1-14H3,(H,57,61)/t32-,33-,34+,35-,36-,37+,41+,42+,43-,44-,46?,47-,48-,49+,50-,52+,53-,54-,55-/m1/s1. The van der Waals surface area contributed by atoms with Crippen molar-refractivity contribution in [1.29, 1.82) is 0 Å². The maximum Gasteiger partial charge on any atom is 0.309 e. The van der Waals surface area contributed by atoms with Crippen LogP contribution in [0.2, 0.25) is 0 Å². The largest absolute Gasteiger partial charge is 0.459 e. The van der Waals surface area contributed by atoms with Crippen LogP contribution < -0.4 is 5.32 Å². The van der Waals surface area contributed by atoms with E-state index in [4.69, 9.17) is 23.7 Å². The highest BCUT2D eigenvalue weighted by Gasteiger charge is 2.55. The van der Waals surface area contributed by atoms with Crippen LogP contribution in [0.15, 0.2) is 30.3 Å². The predicted octanol–water partition coefficient (Wildman–Crippen LogP) is 4.35. The van der Waals surface area contributed by atoms with Gasteiger partial charge in [-0.1, -0.05) is 58.0 Å². The van der Waals surface area contributed by atoms with Crippen molar-refractivity contribution < 1.29 is 63.2 Å². The predicted molar refractivity (Wildman–Crippen MR) is 274 cm³/mol. The number of halogens is 1. The SMILES string of the molecule is CC[C@H]1OC(=O)[C@H](C)C([C@H]2C[C@@](C)(OC)[C@@H](O)[C@H](C)O2)[C@H](C)[C@@H](O[C@@H]2O[C@H](C)C[C@H](N(C)CCC(=O)N[C@H](CF)Cc3ccc(C4=CCN(C)CC4)cc3)[C@H]2O)[C@](C)(O)C[C@@H](C)CN(C)[C@H](C)[C@@H](O)[C@]1(C)O. The van der Waals surface area contributed by atoms with Gasteiger partial charge in [-0.05, 0) is 123 Å². The van der Waals surface area contributed by atoms with Gasteiger partial charge in [0.05, 0.1) is 47.6 Å². The number of rotatable bonds is 14. The smallest absolute Gasteiger partial charge is 0.309 e. The Morgan fingerprint density at radius 1 is 1.00 bits per heavy atom. The van der Waals surface area contributed by atoms with E-state index < -0.39 is 120 Å². The van der Waals surface area contributed by atoms with Gasteiger partial charge in [0.15, 0.2) is 6.29 Å². The first-order valence-electron chi connectivity index (χ1n) is 26.6. The fraction of sp³-hybridized carbons (Fsp3) is 0.818. The number of nitrogens with one attached hydrogen (secondary N) is 1. The van der Waals surface area contributed by atoms with Crippen molar-refractivity contribution in [1.82, 2.24) is 20.0 Å². The summed E-state index contributed by atoms with van der Waals surface area (Å²) in [5.41, 5.74) is -1.15. The van der Waals surface area contributed by atoms with Gasteiger partial charge in [-0.25, -0.2) is 4.39 Å². The fourth-order valence-electron chi connectivity index (χ4n) is 12.3. The van der Waals surface area contributed by atoms with Gasteiger partial charge >= 0.3 is 5.97 Å². The molecule has 3 fully saturated rings. The average molecular weight is 1020 g/mol. The Kier molecular flexibility index (Phi) is 21.3. The highest BCUT2D eigenvalue weighted by Crippen LogP contribution is 2.45. The first kappa shape index (κ1) is 60.2. The van der Waals surface area contributed by atoms with Crippen molar-refractivity contribution in [3.05, 3.63) is 41.5 Å². The topological polar surface area (TPSA) is 203 Å². The Morgan fingerprint density at radius 2 is 1.67 bits per heavy atom. The molecule has 5 rings (SSSR count). The zero-order valence-electron chi connectivity index (χ0n) is 45.9. The first-order chi connectivity index (χ1) is 33.7. The molecule has 16 nitrogen and oxygen atoms in total. The third kappa shape index (κ3) is 14.4. The van der Waals surface area contributed by atoms with Crippen molar-refractivity contribution in [3.8, 4) is 0 Å². The number of cyclic esters (lactones) is 1. The van der Waals surface area contributed by atoms with Crippen LogP contribution in [-0.2, 0) is 39.7 Å². The number of esters is 1. The second kappa shape index (κ2) is 25.5. The number of aliphatic hydroxyl groups is 5. The average Bonchev–Trinajstić information content (AvgIpc) is 3.33. The number of ether oxygens (including phenoxy) is 5. The molecule has 0 spiro atoms. The Morgan fingerprint density at radius 3 is 2.26 bits per heavy atom. The molecule has 0 radical (unpaired) electrons. The van der Waals surface area contributed by atoms with Gasteiger partial charge < -0.3 is 69.2 Å². The molecule has 72 heavy (non-hydrogen) atoms. The molecule has 4 aliphatic heterocycles. The minimum Gasteiger partial charge on any atom is -0.459 e. The monoisotopic (exact) mass is 1020 g/mol. The molecular formula is C55H93FN4O12. The highest BCUT2D eigenvalue weighted by atomic mass is 19.1. The van der Waals surface area contributed by atoms with Crippen LogP contribution in [0.3, 0.4) is 0 Å². The van der Waals surface area contributed by atoms with E-state index in [2.05, 4.69) is 35.5 Å². The molecule has 3 saturated heterocycles.